The summed E-state index contributed by atoms with van der Waals surface area (Å²) in [5, 5.41) is 6.96. The van der Waals surface area contributed by atoms with Crippen molar-refractivity contribution in [1.82, 2.24) is 4.90 Å². The Hall–Kier alpha value is -3.06. The standard InChI is InChI=1S/C19H21ClN4O3/c1-24(2)19(26)13-7-9-15(10-8-13)22-18(25)12-27-23-17(21)11-14-5-3-4-6-16(14)20/h3-10H,11-12H2,1-2H3,(H2,21,23)(H,22,25). The van der Waals surface area contributed by atoms with Crippen molar-refractivity contribution in [2.45, 2.75) is 6.42 Å². The minimum absolute atomic E-state index is 0.112. The van der Waals surface area contributed by atoms with Crippen LogP contribution in [0.15, 0.2) is 53.7 Å². The molecule has 0 atom stereocenters. The van der Waals surface area contributed by atoms with Gasteiger partial charge in [-0.1, -0.05) is 35.0 Å². The maximum absolute atomic E-state index is 11.9. The number of anilines is 1. The lowest BCUT2D eigenvalue weighted by atomic mass is 10.1. The Morgan fingerprint density at radius 1 is 1.15 bits per heavy atom. The molecule has 142 valence electrons. The first kappa shape index (κ1) is 20.3. The van der Waals surface area contributed by atoms with Crippen LogP contribution >= 0.6 is 11.6 Å². The summed E-state index contributed by atoms with van der Waals surface area (Å²) in [5.41, 5.74) is 7.68. The molecule has 0 aliphatic heterocycles. The minimum Gasteiger partial charge on any atom is -0.384 e. The second-order valence-corrected chi connectivity index (χ2v) is 6.36. The minimum atomic E-state index is -0.393. The first-order valence-electron chi connectivity index (χ1n) is 8.16. The molecule has 0 unspecified atom stereocenters. The van der Waals surface area contributed by atoms with Crippen LogP contribution in [0.1, 0.15) is 15.9 Å². The fourth-order valence-electron chi connectivity index (χ4n) is 2.19. The number of oxime groups is 1. The Balaban J connectivity index is 1.82. The zero-order valence-corrected chi connectivity index (χ0v) is 15.9. The van der Waals surface area contributed by atoms with Crippen LogP contribution in [0.2, 0.25) is 5.02 Å². The van der Waals surface area contributed by atoms with Crippen molar-refractivity contribution >= 4 is 34.9 Å². The number of halogens is 1. The SMILES string of the molecule is CN(C)C(=O)c1ccc(NC(=O)CON=C(N)Cc2ccccc2Cl)cc1. The van der Waals surface area contributed by atoms with E-state index in [1.54, 1.807) is 44.4 Å². The van der Waals surface area contributed by atoms with Crippen LogP contribution in [-0.2, 0) is 16.1 Å². The Kier molecular flexibility index (Phi) is 7.19. The van der Waals surface area contributed by atoms with Gasteiger partial charge < -0.3 is 20.8 Å². The third-order valence-corrected chi connectivity index (χ3v) is 3.90. The van der Waals surface area contributed by atoms with E-state index in [0.717, 1.165) is 5.56 Å². The van der Waals surface area contributed by atoms with E-state index in [9.17, 15) is 9.59 Å². The Labute approximate surface area is 162 Å². The average Bonchev–Trinajstić information content (AvgIpc) is 2.63. The van der Waals surface area contributed by atoms with Crippen molar-refractivity contribution in [1.29, 1.82) is 0 Å². The highest BCUT2D eigenvalue weighted by Crippen LogP contribution is 2.15. The van der Waals surface area contributed by atoms with Crippen molar-refractivity contribution in [3.05, 3.63) is 64.7 Å². The molecule has 0 spiro atoms. The number of nitrogens with zero attached hydrogens (tertiary/aromatic N) is 2. The molecule has 0 fully saturated rings. The molecule has 0 radical (unpaired) electrons. The molecular weight excluding hydrogens is 368 g/mol. The number of rotatable bonds is 7. The third-order valence-electron chi connectivity index (χ3n) is 3.53. The highest BCUT2D eigenvalue weighted by molar-refractivity contribution is 6.31. The number of nitrogens with two attached hydrogens (primary N) is 1. The van der Waals surface area contributed by atoms with Crippen LogP contribution in [-0.4, -0.2) is 43.3 Å². The fraction of sp³-hybridized carbons (Fsp3) is 0.211. The zero-order valence-electron chi connectivity index (χ0n) is 15.1. The first-order chi connectivity index (χ1) is 12.9. The Bertz CT molecular complexity index is 835. The monoisotopic (exact) mass is 388 g/mol. The van der Waals surface area contributed by atoms with Gasteiger partial charge >= 0.3 is 0 Å². The van der Waals surface area contributed by atoms with Crippen LogP contribution in [0.3, 0.4) is 0 Å². The number of benzene rings is 2. The summed E-state index contributed by atoms with van der Waals surface area (Å²) in [7, 11) is 3.35. The largest absolute Gasteiger partial charge is 0.384 e. The van der Waals surface area contributed by atoms with Gasteiger partial charge in [0.15, 0.2) is 6.61 Å². The van der Waals surface area contributed by atoms with Gasteiger partial charge in [0.25, 0.3) is 11.8 Å². The summed E-state index contributed by atoms with van der Waals surface area (Å²) in [5.74, 6) is -0.294. The van der Waals surface area contributed by atoms with Crippen molar-refractivity contribution in [3.8, 4) is 0 Å². The van der Waals surface area contributed by atoms with E-state index in [1.807, 2.05) is 18.2 Å². The van der Waals surface area contributed by atoms with E-state index in [2.05, 4.69) is 10.5 Å². The maximum atomic E-state index is 11.9. The van der Waals surface area contributed by atoms with Gasteiger partial charge in [-0.2, -0.15) is 0 Å². The van der Waals surface area contributed by atoms with Gasteiger partial charge in [-0.3, -0.25) is 9.59 Å². The second-order valence-electron chi connectivity index (χ2n) is 5.95. The van der Waals surface area contributed by atoms with Gasteiger partial charge in [-0.15, -0.1) is 0 Å². The van der Waals surface area contributed by atoms with E-state index in [4.69, 9.17) is 22.2 Å². The predicted molar refractivity (Wildman–Crippen MR) is 106 cm³/mol. The van der Waals surface area contributed by atoms with Crippen LogP contribution in [0.5, 0.6) is 0 Å². The van der Waals surface area contributed by atoms with E-state index >= 15 is 0 Å². The van der Waals surface area contributed by atoms with Crippen molar-refractivity contribution < 1.29 is 14.4 Å². The van der Waals surface area contributed by atoms with E-state index in [1.165, 1.54) is 4.90 Å². The molecule has 27 heavy (non-hydrogen) atoms. The van der Waals surface area contributed by atoms with E-state index in [-0.39, 0.29) is 18.3 Å². The lowest BCUT2D eigenvalue weighted by Gasteiger charge is -2.11. The highest BCUT2D eigenvalue weighted by atomic mass is 35.5. The van der Waals surface area contributed by atoms with Crippen LogP contribution < -0.4 is 11.1 Å². The Morgan fingerprint density at radius 2 is 1.81 bits per heavy atom. The predicted octanol–water partition coefficient (Wildman–Crippen LogP) is 2.51. The molecule has 0 saturated carbocycles. The maximum Gasteiger partial charge on any atom is 0.265 e. The molecule has 0 saturated heterocycles. The number of amidine groups is 1. The van der Waals surface area contributed by atoms with Crippen LogP contribution in [0.4, 0.5) is 5.69 Å². The molecular formula is C19H21ClN4O3. The third kappa shape index (κ3) is 6.31. The van der Waals surface area contributed by atoms with Crippen molar-refractivity contribution in [3.63, 3.8) is 0 Å². The normalized spacial score (nSPS) is 11.0. The number of carbonyl (C=O) groups is 2. The number of hydrogen-bond donors (Lipinski definition) is 2. The molecule has 7 nitrogen and oxygen atoms in total. The van der Waals surface area contributed by atoms with Crippen LogP contribution in [0.25, 0.3) is 0 Å². The van der Waals surface area contributed by atoms with Crippen molar-refractivity contribution in [2.24, 2.45) is 10.9 Å². The summed E-state index contributed by atoms with van der Waals surface area (Å²) in [6.45, 7) is -0.290. The molecule has 0 aromatic heterocycles. The smallest absolute Gasteiger partial charge is 0.265 e. The van der Waals surface area contributed by atoms with Crippen molar-refractivity contribution in [2.75, 3.05) is 26.0 Å². The average molecular weight is 389 g/mol. The zero-order chi connectivity index (χ0) is 19.8. The van der Waals surface area contributed by atoms with E-state index < -0.39 is 5.91 Å². The van der Waals surface area contributed by atoms with Crippen LogP contribution in [0, 0.1) is 0 Å². The van der Waals surface area contributed by atoms with Gasteiger partial charge in [-0.05, 0) is 35.9 Å². The summed E-state index contributed by atoms with van der Waals surface area (Å²) in [6, 6.07) is 13.8. The number of nitrogens with one attached hydrogen (secondary N) is 1. The Morgan fingerprint density at radius 3 is 2.44 bits per heavy atom. The molecule has 0 heterocycles. The molecule has 3 N–H and O–H groups in total. The molecule has 0 aliphatic carbocycles. The number of carbonyl (C=O) groups excluding carboxylic acids is 2. The lowest BCUT2D eigenvalue weighted by molar-refractivity contribution is -0.120. The van der Waals surface area contributed by atoms with Gasteiger partial charge in [0.2, 0.25) is 0 Å². The fourth-order valence-corrected chi connectivity index (χ4v) is 2.40. The number of hydrogen-bond acceptors (Lipinski definition) is 4. The molecule has 8 heteroatoms. The van der Waals surface area contributed by atoms with Gasteiger partial charge in [0.1, 0.15) is 5.84 Å². The van der Waals surface area contributed by atoms with Gasteiger partial charge in [-0.25, -0.2) is 0 Å². The quantitative estimate of drug-likeness (QED) is 0.432. The molecule has 2 aromatic carbocycles. The highest BCUT2D eigenvalue weighted by Gasteiger charge is 2.09. The summed E-state index contributed by atoms with van der Waals surface area (Å²) in [4.78, 5) is 30.2. The second kappa shape index (κ2) is 9.59. The molecule has 0 bridgehead atoms. The van der Waals surface area contributed by atoms with Gasteiger partial charge in [0.05, 0.1) is 0 Å². The summed E-state index contributed by atoms with van der Waals surface area (Å²) in [6.07, 6.45) is 0.322. The molecule has 2 rings (SSSR count). The molecule has 2 aromatic rings. The molecule has 0 aliphatic rings. The topological polar surface area (TPSA) is 97.0 Å². The number of amides is 2. The van der Waals surface area contributed by atoms with E-state index in [0.29, 0.717) is 22.7 Å². The van der Waals surface area contributed by atoms with Gasteiger partial charge in [0, 0.05) is 36.8 Å². The first-order valence-corrected chi connectivity index (χ1v) is 8.54. The molecule has 2 amide bonds. The summed E-state index contributed by atoms with van der Waals surface area (Å²) >= 11 is 6.05. The lowest BCUT2D eigenvalue weighted by Crippen LogP contribution is -2.22. The summed E-state index contributed by atoms with van der Waals surface area (Å²) < 4.78 is 0.